The molecule has 0 aliphatic heterocycles. The van der Waals surface area contributed by atoms with Gasteiger partial charge in [-0.05, 0) is 34.1 Å². The van der Waals surface area contributed by atoms with Crippen molar-refractivity contribution in [2.45, 2.75) is 4.83 Å². The van der Waals surface area contributed by atoms with Gasteiger partial charge in [-0.15, -0.1) is 11.3 Å². The van der Waals surface area contributed by atoms with Crippen molar-refractivity contribution in [3.05, 3.63) is 43.5 Å². The van der Waals surface area contributed by atoms with Gasteiger partial charge in [0.1, 0.15) is 16.5 Å². The molecule has 0 saturated heterocycles. The first kappa shape index (κ1) is 15.2. The Bertz CT molecular complexity index is 586. The maximum absolute atomic E-state index is 6.27. The van der Waals surface area contributed by atoms with E-state index in [1.165, 1.54) is 4.88 Å². The molecule has 1 atom stereocenters. The molecule has 0 amide bonds. The van der Waals surface area contributed by atoms with Crippen LogP contribution in [0.25, 0.3) is 0 Å². The van der Waals surface area contributed by atoms with Crippen LogP contribution in [-0.2, 0) is 0 Å². The molecule has 19 heavy (non-hydrogen) atoms. The quantitative estimate of drug-likeness (QED) is 0.587. The largest absolute Gasteiger partial charge is 0.495 e. The van der Waals surface area contributed by atoms with Crippen LogP contribution in [0.3, 0.4) is 0 Å². The molecule has 1 aromatic carbocycles. The number of alkyl halides is 1. The Morgan fingerprint density at radius 2 is 1.89 bits per heavy atom. The minimum absolute atomic E-state index is 0.0298. The Morgan fingerprint density at radius 1 is 1.16 bits per heavy atom. The van der Waals surface area contributed by atoms with Crippen molar-refractivity contribution >= 4 is 54.8 Å². The summed E-state index contributed by atoms with van der Waals surface area (Å²) < 4.78 is 11.7. The predicted octanol–water partition coefficient (Wildman–Crippen LogP) is 5.67. The number of halogens is 3. The monoisotopic (exact) mass is 424 g/mol. The topological polar surface area (TPSA) is 18.5 Å². The lowest BCUT2D eigenvalue weighted by Crippen LogP contribution is -1.98. The van der Waals surface area contributed by atoms with Crippen molar-refractivity contribution in [3.63, 3.8) is 0 Å². The van der Waals surface area contributed by atoms with Crippen LogP contribution in [0, 0.1) is 0 Å². The molecule has 2 nitrogen and oxygen atoms in total. The van der Waals surface area contributed by atoms with E-state index < -0.39 is 0 Å². The van der Waals surface area contributed by atoms with Crippen LogP contribution in [0.2, 0.25) is 5.02 Å². The second-order valence-corrected chi connectivity index (χ2v) is 7.50. The van der Waals surface area contributed by atoms with Gasteiger partial charge in [0, 0.05) is 10.4 Å². The van der Waals surface area contributed by atoms with Crippen molar-refractivity contribution in [1.82, 2.24) is 0 Å². The second kappa shape index (κ2) is 6.48. The molecule has 0 radical (unpaired) electrons. The highest BCUT2D eigenvalue weighted by molar-refractivity contribution is 9.11. The maximum atomic E-state index is 6.27. The van der Waals surface area contributed by atoms with Gasteiger partial charge in [-0.1, -0.05) is 33.6 Å². The highest BCUT2D eigenvalue weighted by atomic mass is 79.9. The highest BCUT2D eigenvalue weighted by Crippen LogP contribution is 2.45. The first-order chi connectivity index (χ1) is 9.08. The van der Waals surface area contributed by atoms with Gasteiger partial charge in [-0.25, -0.2) is 0 Å². The smallest absolute Gasteiger partial charge is 0.145 e. The third-order valence-corrected chi connectivity index (χ3v) is 5.97. The number of rotatable bonds is 4. The molecule has 0 spiro atoms. The summed E-state index contributed by atoms with van der Waals surface area (Å²) in [7, 11) is 3.19. The summed E-state index contributed by atoms with van der Waals surface area (Å²) in [6.45, 7) is 0. The van der Waals surface area contributed by atoms with E-state index in [2.05, 4.69) is 37.9 Å². The molecule has 2 aromatic rings. The summed E-state index contributed by atoms with van der Waals surface area (Å²) in [4.78, 5) is 1.20. The molecule has 0 fully saturated rings. The molecule has 1 aromatic heterocycles. The van der Waals surface area contributed by atoms with Gasteiger partial charge in [0.2, 0.25) is 0 Å². The first-order valence-electron chi connectivity index (χ1n) is 5.38. The Hall–Kier alpha value is -0.230. The highest BCUT2D eigenvalue weighted by Gasteiger charge is 2.21. The number of thiophene rings is 1. The third kappa shape index (κ3) is 3.10. The van der Waals surface area contributed by atoms with Crippen LogP contribution in [0.15, 0.2) is 28.1 Å². The summed E-state index contributed by atoms with van der Waals surface area (Å²) in [5.74, 6) is 1.24. The molecule has 6 heteroatoms. The SMILES string of the molecule is COc1ccc(C(Br)c2ccc(Br)s2)c(OC)c1Cl. The van der Waals surface area contributed by atoms with E-state index >= 15 is 0 Å². The molecule has 102 valence electrons. The second-order valence-electron chi connectivity index (χ2n) is 3.71. The zero-order chi connectivity index (χ0) is 14.0. The number of ether oxygens (including phenoxy) is 2. The van der Waals surface area contributed by atoms with Crippen LogP contribution >= 0.6 is 54.8 Å². The van der Waals surface area contributed by atoms with Crippen molar-refractivity contribution in [3.8, 4) is 11.5 Å². The van der Waals surface area contributed by atoms with E-state index in [0.29, 0.717) is 16.5 Å². The molecule has 0 bridgehead atoms. The standard InChI is InChI=1S/C13H11Br2ClO2S/c1-17-8-4-3-7(13(18-2)12(8)16)11(15)9-5-6-10(14)19-9/h3-6,11H,1-2H3. The number of methoxy groups -OCH3 is 2. The van der Waals surface area contributed by atoms with Crippen LogP contribution < -0.4 is 9.47 Å². The molecule has 0 aliphatic rings. The zero-order valence-corrected chi connectivity index (χ0v) is 15.0. The lowest BCUT2D eigenvalue weighted by atomic mass is 10.1. The Labute approximate surface area is 137 Å². The van der Waals surface area contributed by atoms with Crippen molar-refractivity contribution < 1.29 is 9.47 Å². The summed E-state index contributed by atoms with van der Waals surface area (Å²) in [6.07, 6.45) is 0. The third-order valence-electron chi connectivity index (χ3n) is 2.63. The van der Waals surface area contributed by atoms with Gasteiger partial charge in [-0.2, -0.15) is 0 Å². The van der Waals surface area contributed by atoms with E-state index in [1.807, 2.05) is 18.2 Å². The van der Waals surface area contributed by atoms with Gasteiger partial charge in [0.25, 0.3) is 0 Å². The molecule has 2 rings (SSSR count). The van der Waals surface area contributed by atoms with Gasteiger partial charge in [-0.3, -0.25) is 0 Å². The summed E-state index contributed by atoms with van der Waals surface area (Å²) >= 11 is 15.1. The van der Waals surface area contributed by atoms with E-state index in [0.717, 1.165) is 9.35 Å². The van der Waals surface area contributed by atoms with Gasteiger partial charge in [0.05, 0.1) is 22.8 Å². The Kier molecular flexibility index (Phi) is 5.17. The van der Waals surface area contributed by atoms with Gasteiger partial charge < -0.3 is 9.47 Å². The molecular formula is C13H11Br2ClO2S. The van der Waals surface area contributed by atoms with Crippen LogP contribution in [0.4, 0.5) is 0 Å². The number of hydrogen-bond donors (Lipinski definition) is 0. The van der Waals surface area contributed by atoms with Crippen LogP contribution in [0.1, 0.15) is 15.3 Å². The van der Waals surface area contributed by atoms with Crippen LogP contribution in [-0.4, -0.2) is 14.2 Å². The zero-order valence-electron chi connectivity index (χ0n) is 10.2. The maximum Gasteiger partial charge on any atom is 0.145 e. The predicted molar refractivity (Wildman–Crippen MR) is 87.3 cm³/mol. The van der Waals surface area contributed by atoms with Crippen molar-refractivity contribution in [2.24, 2.45) is 0 Å². The average Bonchev–Trinajstić information content (AvgIpc) is 2.84. The molecule has 0 aliphatic carbocycles. The van der Waals surface area contributed by atoms with Gasteiger partial charge in [0.15, 0.2) is 0 Å². The van der Waals surface area contributed by atoms with Crippen molar-refractivity contribution in [2.75, 3.05) is 14.2 Å². The minimum Gasteiger partial charge on any atom is -0.495 e. The van der Waals surface area contributed by atoms with Gasteiger partial charge >= 0.3 is 0 Å². The summed E-state index contributed by atoms with van der Waals surface area (Å²) in [5, 5.41) is 0.488. The average molecular weight is 427 g/mol. The van der Waals surface area contributed by atoms with E-state index in [4.69, 9.17) is 21.1 Å². The number of hydrogen-bond acceptors (Lipinski definition) is 3. The fourth-order valence-electron chi connectivity index (χ4n) is 1.74. The van der Waals surface area contributed by atoms with E-state index in [9.17, 15) is 0 Å². The lowest BCUT2D eigenvalue weighted by molar-refractivity contribution is 0.392. The fourth-order valence-corrected chi connectivity index (χ4v) is 4.28. The van der Waals surface area contributed by atoms with Crippen molar-refractivity contribution in [1.29, 1.82) is 0 Å². The molecule has 0 saturated carbocycles. The van der Waals surface area contributed by atoms with E-state index in [-0.39, 0.29) is 4.83 Å². The lowest BCUT2D eigenvalue weighted by Gasteiger charge is -2.16. The summed E-state index contributed by atoms with van der Waals surface area (Å²) in [6, 6.07) is 7.88. The number of benzene rings is 1. The molecule has 1 heterocycles. The summed E-state index contributed by atoms with van der Waals surface area (Å²) in [5.41, 5.74) is 0.975. The first-order valence-corrected chi connectivity index (χ1v) is 8.28. The Balaban J connectivity index is 2.47. The molecule has 0 N–H and O–H groups in total. The fraction of sp³-hybridized carbons (Fsp3) is 0.231. The molecular weight excluding hydrogens is 415 g/mol. The Morgan fingerprint density at radius 3 is 2.42 bits per heavy atom. The minimum atomic E-state index is 0.0298. The normalized spacial score (nSPS) is 12.3. The molecule has 1 unspecified atom stereocenters. The van der Waals surface area contributed by atoms with E-state index in [1.54, 1.807) is 25.6 Å². The van der Waals surface area contributed by atoms with Crippen LogP contribution in [0.5, 0.6) is 11.5 Å².